The molecule has 3 N–H and O–H groups in total. The summed E-state index contributed by atoms with van der Waals surface area (Å²) in [6, 6.07) is 0.178. The average molecular weight is 434 g/mol. The first-order valence-electron chi connectivity index (χ1n) is 11.2. The van der Waals surface area contributed by atoms with Crippen LogP contribution in [0.2, 0.25) is 0 Å². The van der Waals surface area contributed by atoms with Gasteiger partial charge < -0.3 is 20.6 Å². The number of fused-ring (bicyclic) bond motifs is 1. The van der Waals surface area contributed by atoms with Crippen molar-refractivity contribution in [2.75, 3.05) is 12.4 Å². The Labute approximate surface area is 188 Å². The van der Waals surface area contributed by atoms with E-state index in [-0.39, 0.29) is 12.0 Å². The Kier molecular flexibility index (Phi) is 6.16. The molecule has 0 saturated carbocycles. The van der Waals surface area contributed by atoms with Crippen LogP contribution in [0.3, 0.4) is 0 Å². The number of hydrogen-bond acceptors (Lipinski definition) is 8. The van der Waals surface area contributed by atoms with Crippen molar-refractivity contribution >= 4 is 22.7 Å². The van der Waals surface area contributed by atoms with Crippen molar-refractivity contribution in [3.8, 4) is 11.4 Å². The van der Waals surface area contributed by atoms with Crippen LogP contribution in [0.15, 0.2) is 30.0 Å². The molecule has 0 radical (unpaired) electrons. The number of nitrogens with one attached hydrogen (secondary N) is 3. The van der Waals surface area contributed by atoms with Gasteiger partial charge >= 0.3 is 0 Å². The van der Waals surface area contributed by atoms with Crippen LogP contribution in [0.25, 0.3) is 22.6 Å². The van der Waals surface area contributed by atoms with Gasteiger partial charge in [-0.05, 0) is 44.6 Å². The first kappa shape index (κ1) is 21.9. The Hall–Kier alpha value is -3.36. The quantitative estimate of drug-likeness (QED) is 0.486. The Morgan fingerprint density at radius 2 is 1.97 bits per heavy atom. The van der Waals surface area contributed by atoms with Crippen LogP contribution >= 0.6 is 0 Å². The summed E-state index contributed by atoms with van der Waals surface area (Å²) in [5.74, 6) is 2.43. The minimum absolute atomic E-state index is 0.178. The smallest absolute Gasteiger partial charge is 0.165 e. The summed E-state index contributed by atoms with van der Waals surface area (Å²) in [5.41, 5.74) is 5.37. The molecule has 0 amide bonds. The van der Waals surface area contributed by atoms with Gasteiger partial charge in [0.15, 0.2) is 17.0 Å². The van der Waals surface area contributed by atoms with Crippen molar-refractivity contribution in [3.05, 3.63) is 35.8 Å². The topological polar surface area (TPSA) is 117 Å². The third-order valence-corrected chi connectivity index (χ3v) is 5.99. The van der Waals surface area contributed by atoms with Gasteiger partial charge in [-0.3, -0.25) is 0 Å². The second-order valence-electron chi connectivity index (χ2n) is 8.45. The van der Waals surface area contributed by atoms with E-state index in [0.717, 1.165) is 65.6 Å². The lowest BCUT2D eigenvalue weighted by Gasteiger charge is -2.29. The molecule has 0 bridgehead atoms. The van der Waals surface area contributed by atoms with Gasteiger partial charge in [0.2, 0.25) is 0 Å². The van der Waals surface area contributed by atoms with Crippen molar-refractivity contribution in [1.82, 2.24) is 34.8 Å². The Balaban J connectivity index is 1.68. The predicted molar refractivity (Wildman–Crippen MR) is 127 cm³/mol. The number of imidazole rings is 1. The summed E-state index contributed by atoms with van der Waals surface area (Å²) in [6.45, 7) is 8.81. The highest BCUT2D eigenvalue weighted by Gasteiger charge is 2.26. The van der Waals surface area contributed by atoms with Gasteiger partial charge in [0.1, 0.15) is 18.0 Å². The van der Waals surface area contributed by atoms with Gasteiger partial charge in [-0.15, -0.1) is 0 Å². The fraction of sp³-hybridized carbons (Fsp3) is 0.478. The molecule has 1 aliphatic rings. The fourth-order valence-corrected chi connectivity index (χ4v) is 4.22. The van der Waals surface area contributed by atoms with Gasteiger partial charge in [0.05, 0.1) is 5.56 Å². The fourth-order valence-electron chi connectivity index (χ4n) is 4.22. The van der Waals surface area contributed by atoms with Crippen LogP contribution in [-0.4, -0.2) is 48.3 Å². The standard InChI is InChI=1S/C23H31N9/c1-6-32-22(15-10-26-14(4)27-11-15)31-20-21(28-12-29-23(20)32)30-16-7-8-18(25-5)17(9-16)19(24)13(2)3/h10-13,16,24-25H,6-9H2,1-5H3,(H,28,29,30). The van der Waals surface area contributed by atoms with Gasteiger partial charge in [0.25, 0.3) is 0 Å². The minimum Gasteiger partial charge on any atom is -0.391 e. The molecule has 0 aromatic carbocycles. The monoisotopic (exact) mass is 433 g/mol. The molecule has 0 saturated heterocycles. The predicted octanol–water partition coefficient (Wildman–Crippen LogP) is 3.73. The summed E-state index contributed by atoms with van der Waals surface area (Å²) >= 11 is 0. The molecule has 4 rings (SSSR count). The molecular weight excluding hydrogens is 402 g/mol. The summed E-state index contributed by atoms with van der Waals surface area (Å²) < 4.78 is 2.07. The lowest BCUT2D eigenvalue weighted by molar-refractivity contribution is 0.587. The van der Waals surface area contributed by atoms with Crippen molar-refractivity contribution in [2.45, 2.75) is 59.5 Å². The average Bonchev–Trinajstić information content (AvgIpc) is 3.18. The van der Waals surface area contributed by atoms with Gasteiger partial charge in [-0.2, -0.15) is 0 Å². The Morgan fingerprint density at radius 3 is 2.62 bits per heavy atom. The third-order valence-electron chi connectivity index (χ3n) is 5.99. The van der Waals surface area contributed by atoms with E-state index in [2.05, 4.69) is 55.9 Å². The van der Waals surface area contributed by atoms with E-state index in [1.807, 2.05) is 14.0 Å². The highest BCUT2D eigenvalue weighted by molar-refractivity contribution is 6.00. The largest absolute Gasteiger partial charge is 0.391 e. The van der Waals surface area contributed by atoms with E-state index in [1.54, 1.807) is 18.7 Å². The number of aryl methyl sites for hydroxylation is 2. The molecular formula is C23H31N9. The molecule has 1 atom stereocenters. The van der Waals surface area contributed by atoms with Crippen molar-refractivity contribution < 1.29 is 0 Å². The number of allylic oxidation sites excluding steroid dienone is 1. The molecule has 0 fully saturated rings. The van der Waals surface area contributed by atoms with Crippen molar-refractivity contribution in [3.63, 3.8) is 0 Å². The van der Waals surface area contributed by atoms with Crippen LogP contribution in [-0.2, 0) is 6.54 Å². The van der Waals surface area contributed by atoms with E-state index in [4.69, 9.17) is 10.4 Å². The maximum Gasteiger partial charge on any atom is 0.165 e. The van der Waals surface area contributed by atoms with E-state index in [1.165, 1.54) is 5.70 Å². The normalized spacial score (nSPS) is 16.6. The van der Waals surface area contributed by atoms with E-state index in [9.17, 15) is 0 Å². The third kappa shape index (κ3) is 4.06. The van der Waals surface area contributed by atoms with Crippen LogP contribution in [0, 0.1) is 18.3 Å². The van der Waals surface area contributed by atoms with E-state index in [0.29, 0.717) is 5.71 Å². The molecule has 9 nitrogen and oxygen atoms in total. The highest BCUT2D eigenvalue weighted by atomic mass is 15.2. The molecule has 3 aromatic heterocycles. The van der Waals surface area contributed by atoms with Gasteiger partial charge in [0, 0.05) is 43.4 Å². The lowest BCUT2D eigenvalue weighted by Crippen LogP contribution is -2.31. The number of nitrogens with zero attached hydrogens (tertiary/aromatic N) is 6. The summed E-state index contributed by atoms with van der Waals surface area (Å²) in [4.78, 5) is 22.6. The van der Waals surface area contributed by atoms with E-state index < -0.39 is 0 Å². The number of hydrogen-bond donors (Lipinski definition) is 3. The highest BCUT2D eigenvalue weighted by Crippen LogP contribution is 2.31. The zero-order valence-corrected chi connectivity index (χ0v) is 19.4. The van der Waals surface area contributed by atoms with Gasteiger partial charge in [-0.1, -0.05) is 13.8 Å². The SMILES string of the molecule is CCn1c(-c2cnc(C)nc2)nc2c(NC3CCC(NC)=C(C(=N)C(C)C)C3)ncnc21. The molecule has 1 unspecified atom stereocenters. The number of anilines is 1. The molecule has 3 aromatic rings. The first-order chi connectivity index (χ1) is 15.4. The van der Waals surface area contributed by atoms with Crippen molar-refractivity contribution in [1.29, 1.82) is 5.41 Å². The van der Waals surface area contributed by atoms with Crippen molar-refractivity contribution in [2.24, 2.45) is 5.92 Å². The van der Waals surface area contributed by atoms with Gasteiger partial charge in [-0.25, -0.2) is 24.9 Å². The molecule has 1 aliphatic carbocycles. The Bertz CT molecular complexity index is 1160. The second kappa shape index (κ2) is 9.02. The first-order valence-corrected chi connectivity index (χ1v) is 11.2. The molecule has 32 heavy (non-hydrogen) atoms. The molecule has 168 valence electrons. The number of rotatable bonds is 7. The van der Waals surface area contributed by atoms with Crippen LogP contribution < -0.4 is 10.6 Å². The zero-order valence-electron chi connectivity index (χ0n) is 19.4. The number of aromatic nitrogens is 6. The van der Waals surface area contributed by atoms with Crippen LogP contribution in [0.1, 0.15) is 45.9 Å². The summed E-state index contributed by atoms with van der Waals surface area (Å²) in [7, 11) is 1.94. The van der Waals surface area contributed by atoms with Crippen LogP contribution in [0.4, 0.5) is 5.82 Å². The Morgan fingerprint density at radius 1 is 1.22 bits per heavy atom. The maximum absolute atomic E-state index is 8.56. The summed E-state index contributed by atoms with van der Waals surface area (Å²) in [6.07, 6.45) is 7.83. The molecule has 3 heterocycles. The molecule has 0 aliphatic heterocycles. The lowest BCUT2D eigenvalue weighted by atomic mass is 9.85. The zero-order chi connectivity index (χ0) is 22.8. The van der Waals surface area contributed by atoms with Crippen LogP contribution in [0.5, 0.6) is 0 Å². The minimum atomic E-state index is 0.178. The maximum atomic E-state index is 8.56. The molecule has 9 heteroatoms. The second-order valence-corrected chi connectivity index (χ2v) is 8.45. The summed E-state index contributed by atoms with van der Waals surface area (Å²) in [5, 5.41) is 15.5. The molecule has 0 spiro atoms. The van der Waals surface area contributed by atoms with E-state index >= 15 is 0 Å².